The van der Waals surface area contributed by atoms with E-state index in [1.54, 1.807) is 37.3 Å². The van der Waals surface area contributed by atoms with Crippen molar-refractivity contribution in [2.45, 2.75) is 0 Å². The maximum atomic E-state index is 12.1. The average Bonchev–Trinajstić information content (AvgIpc) is 2.29. The average molecular weight is 251 g/mol. The SMILES string of the molecule is CN(C)N=Cc1coc2ccc(Cl)cc2c1=O. The molecule has 0 aliphatic heterocycles. The molecule has 0 unspecified atom stereocenters. The molecule has 0 bridgehead atoms. The van der Waals surface area contributed by atoms with Gasteiger partial charge in [-0.05, 0) is 18.2 Å². The van der Waals surface area contributed by atoms with E-state index < -0.39 is 0 Å². The zero-order valence-electron chi connectivity index (χ0n) is 9.48. The lowest BCUT2D eigenvalue weighted by atomic mass is 10.2. The summed E-state index contributed by atoms with van der Waals surface area (Å²) in [5.41, 5.74) is 0.772. The first-order valence-corrected chi connectivity index (χ1v) is 5.38. The van der Waals surface area contributed by atoms with Crippen LogP contribution in [0.25, 0.3) is 11.0 Å². The highest BCUT2D eigenvalue weighted by Crippen LogP contribution is 2.16. The van der Waals surface area contributed by atoms with Crippen LogP contribution in [-0.4, -0.2) is 25.3 Å². The fraction of sp³-hybridized carbons (Fsp3) is 0.167. The van der Waals surface area contributed by atoms with Crippen molar-refractivity contribution in [2.75, 3.05) is 14.1 Å². The normalized spacial score (nSPS) is 11.2. The molecule has 4 nitrogen and oxygen atoms in total. The van der Waals surface area contributed by atoms with Crippen molar-refractivity contribution < 1.29 is 4.42 Å². The molecule has 0 N–H and O–H groups in total. The number of hydrogen-bond donors (Lipinski definition) is 0. The summed E-state index contributed by atoms with van der Waals surface area (Å²) in [4.78, 5) is 12.1. The van der Waals surface area contributed by atoms with E-state index in [0.717, 1.165) is 0 Å². The lowest BCUT2D eigenvalue weighted by molar-refractivity contribution is 0.440. The number of rotatable bonds is 2. The molecule has 0 amide bonds. The number of benzene rings is 1. The summed E-state index contributed by atoms with van der Waals surface area (Å²) < 4.78 is 5.34. The monoisotopic (exact) mass is 250 g/mol. The van der Waals surface area contributed by atoms with E-state index in [0.29, 0.717) is 21.6 Å². The smallest absolute Gasteiger partial charge is 0.201 e. The molecule has 2 rings (SSSR count). The van der Waals surface area contributed by atoms with Crippen LogP contribution in [0.3, 0.4) is 0 Å². The van der Waals surface area contributed by atoms with E-state index in [1.807, 2.05) is 0 Å². The predicted octanol–water partition coefficient (Wildman–Crippen LogP) is 2.34. The summed E-state index contributed by atoms with van der Waals surface area (Å²) in [5.74, 6) is 0. The number of fused-ring (bicyclic) bond motifs is 1. The lowest BCUT2D eigenvalue weighted by Crippen LogP contribution is -2.10. The number of hydrazone groups is 1. The molecule has 88 valence electrons. The standard InChI is InChI=1S/C12H11ClN2O2/c1-15(2)14-6-8-7-17-11-4-3-9(13)5-10(11)12(8)16/h3-7H,1-2H3. The second-order valence-electron chi connectivity index (χ2n) is 3.75. The van der Waals surface area contributed by atoms with Crippen molar-refractivity contribution in [2.24, 2.45) is 5.10 Å². The summed E-state index contributed by atoms with van der Waals surface area (Å²) in [6.45, 7) is 0. The van der Waals surface area contributed by atoms with Crippen molar-refractivity contribution in [3.05, 3.63) is 45.3 Å². The molecule has 0 radical (unpaired) electrons. The van der Waals surface area contributed by atoms with Gasteiger partial charge in [0.05, 0.1) is 17.2 Å². The zero-order valence-corrected chi connectivity index (χ0v) is 10.2. The quantitative estimate of drug-likeness (QED) is 0.607. The molecule has 0 aliphatic carbocycles. The van der Waals surface area contributed by atoms with Gasteiger partial charge in [0, 0.05) is 19.1 Å². The van der Waals surface area contributed by atoms with Crippen molar-refractivity contribution in [3.63, 3.8) is 0 Å². The van der Waals surface area contributed by atoms with Crippen LogP contribution < -0.4 is 5.43 Å². The van der Waals surface area contributed by atoms with Crippen LogP contribution in [0.2, 0.25) is 5.02 Å². The third-order valence-electron chi connectivity index (χ3n) is 2.19. The molecule has 1 heterocycles. The minimum Gasteiger partial charge on any atom is -0.463 e. The van der Waals surface area contributed by atoms with E-state index in [4.69, 9.17) is 16.0 Å². The Morgan fingerprint density at radius 3 is 2.88 bits per heavy atom. The van der Waals surface area contributed by atoms with Gasteiger partial charge in [0.25, 0.3) is 0 Å². The molecule has 0 saturated heterocycles. The maximum absolute atomic E-state index is 12.1. The highest BCUT2D eigenvalue weighted by Gasteiger charge is 2.05. The Hall–Kier alpha value is -1.81. The molecule has 5 heteroatoms. The Labute approximate surface area is 103 Å². The Morgan fingerprint density at radius 1 is 1.41 bits per heavy atom. The van der Waals surface area contributed by atoms with Gasteiger partial charge in [-0.1, -0.05) is 11.6 Å². The fourth-order valence-corrected chi connectivity index (χ4v) is 1.56. The van der Waals surface area contributed by atoms with E-state index in [9.17, 15) is 4.79 Å². The largest absolute Gasteiger partial charge is 0.463 e. The van der Waals surface area contributed by atoms with E-state index in [2.05, 4.69) is 5.10 Å². The molecule has 17 heavy (non-hydrogen) atoms. The minimum atomic E-state index is -0.139. The van der Waals surface area contributed by atoms with Crippen LogP contribution in [0.4, 0.5) is 0 Å². The molecule has 0 saturated carbocycles. The highest BCUT2D eigenvalue weighted by atomic mass is 35.5. The summed E-state index contributed by atoms with van der Waals surface area (Å²) in [5, 5.41) is 6.56. The van der Waals surface area contributed by atoms with Crippen molar-refractivity contribution in [1.82, 2.24) is 5.01 Å². The molecule has 1 aromatic heterocycles. The van der Waals surface area contributed by atoms with Gasteiger partial charge in [0.1, 0.15) is 11.8 Å². The highest BCUT2D eigenvalue weighted by molar-refractivity contribution is 6.31. The molecule has 2 aromatic rings. The molecule has 1 aromatic carbocycles. The van der Waals surface area contributed by atoms with Crippen LogP contribution >= 0.6 is 11.6 Å². The Morgan fingerprint density at radius 2 is 2.18 bits per heavy atom. The van der Waals surface area contributed by atoms with Gasteiger partial charge in [-0.25, -0.2) is 0 Å². The second-order valence-corrected chi connectivity index (χ2v) is 4.19. The van der Waals surface area contributed by atoms with Crippen LogP contribution in [0.15, 0.2) is 38.8 Å². The molecular weight excluding hydrogens is 240 g/mol. The molecule has 0 spiro atoms. The first-order chi connectivity index (χ1) is 8.08. The van der Waals surface area contributed by atoms with Gasteiger partial charge in [-0.3, -0.25) is 4.79 Å². The number of nitrogens with zero attached hydrogens (tertiary/aromatic N) is 2. The summed E-state index contributed by atoms with van der Waals surface area (Å²) in [6, 6.07) is 4.95. The van der Waals surface area contributed by atoms with E-state index in [-0.39, 0.29) is 5.43 Å². The molecule has 0 atom stereocenters. The molecule has 0 aliphatic rings. The summed E-state index contributed by atoms with van der Waals surface area (Å²) in [7, 11) is 3.55. The zero-order chi connectivity index (χ0) is 12.4. The van der Waals surface area contributed by atoms with Gasteiger partial charge >= 0.3 is 0 Å². The molecule has 0 fully saturated rings. The third kappa shape index (κ3) is 2.47. The Bertz CT molecular complexity index is 632. The van der Waals surface area contributed by atoms with Crippen LogP contribution in [0, 0.1) is 0 Å². The topological polar surface area (TPSA) is 45.8 Å². The third-order valence-corrected chi connectivity index (χ3v) is 2.42. The van der Waals surface area contributed by atoms with Crippen LogP contribution in [0.1, 0.15) is 5.56 Å². The van der Waals surface area contributed by atoms with Crippen LogP contribution in [-0.2, 0) is 0 Å². The Kier molecular flexibility index (Phi) is 3.15. The maximum Gasteiger partial charge on any atom is 0.201 e. The predicted molar refractivity (Wildman–Crippen MR) is 68.8 cm³/mol. The fourth-order valence-electron chi connectivity index (χ4n) is 1.39. The van der Waals surface area contributed by atoms with E-state index in [1.165, 1.54) is 12.5 Å². The lowest BCUT2D eigenvalue weighted by Gasteiger charge is -2.02. The first kappa shape index (κ1) is 11.7. The van der Waals surface area contributed by atoms with Gasteiger partial charge < -0.3 is 9.43 Å². The van der Waals surface area contributed by atoms with E-state index >= 15 is 0 Å². The molecular formula is C12H11ClN2O2. The first-order valence-electron chi connectivity index (χ1n) is 5.00. The van der Waals surface area contributed by atoms with Gasteiger partial charge in [-0.15, -0.1) is 0 Å². The summed E-state index contributed by atoms with van der Waals surface area (Å²) in [6.07, 6.45) is 2.86. The van der Waals surface area contributed by atoms with Crippen LogP contribution in [0.5, 0.6) is 0 Å². The van der Waals surface area contributed by atoms with Gasteiger partial charge in [-0.2, -0.15) is 5.10 Å². The second kappa shape index (κ2) is 4.59. The van der Waals surface area contributed by atoms with Crippen molar-refractivity contribution >= 4 is 28.8 Å². The van der Waals surface area contributed by atoms with Gasteiger partial charge in [0.2, 0.25) is 5.43 Å². The van der Waals surface area contributed by atoms with Gasteiger partial charge in [0.15, 0.2) is 0 Å². The number of hydrogen-bond acceptors (Lipinski definition) is 4. The minimum absolute atomic E-state index is 0.139. The van der Waals surface area contributed by atoms with Crippen molar-refractivity contribution in [3.8, 4) is 0 Å². The number of halogens is 1. The van der Waals surface area contributed by atoms with Crippen molar-refractivity contribution in [1.29, 1.82) is 0 Å². The Balaban J connectivity index is 2.61. The summed E-state index contributed by atoms with van der Waals surface area (Å²) >= 11 is 5.85.